The van der Waals surface area contributed by atoms with Crippen molar-refractivity contribution in [2.45, 2.75) is 6.18 Å². The minimum Gasteiger partial charge on any atom is -0.457 e. The number of carbonyl (C=O) groups excluding carboxylic acids is 2. The molecule has 166 valence electrons. The molecule has 11 heteroatoms. The average molecular weight is 465 g/mol. The van der Waals surface area contributed by atoms with Gasteiger partial charge < -0.3 is 20.7 Å². The molecule has 32 heavy (non-hydrogen) atoms. The molecule has 0 aliphatic heterocycles. The van der Waals surface area contributed by atoms with E-state index < -0.39 is 22.8 Å². The largest absolute Gasteiger partial charge is 0.457 e. The maximum atomic E-state index is 12.9. The van der Waals surface area contributed by atoms with Crippen LogP contribution in [-0.4, -0.2) is 24.0 Å². The molecule has 0 spiro atoms. The summed E-state index contributed by atoms with van der Waals surface area (Å²) in [6.07, 6.45) is -3.21. The van der Waals surface area contributed by atoms with Crippen LogP contribution in [-0.2, 0) is 6.18 Å². The number of nitrogens with one attached hydrogen (secondary N) is 3. The van der Waals surface area contributed by atoms with Crippen molar-refractivity contribution in [3.8, 4) is 11.5 Å². The fraction of sp³-hybridized carbons (Fsp3) is 0.0952. The molecule has 0 radical (unpaired) electrons. The number of hydrogen-bond donors (Lipinski definition) is 3. The maximum absolute atomic E-state index is 12.9. The summed E-state index contributed by atoms with van der Waals surface area (Å²) in [6.45, 7) is 0. The molecule has 0 aliphatic carbocycles. The maximum Gasteiger partial charge on any atom is 0.417 e. The van der Waals surface area contributed by atoms with Gasteiger partial charge in [-0.25, -0.2) is 4.79 Å². The van der Waals surface area contributed by atoms with Gasteiger partial charge in [-0.2, -0.15) is 13.2 Å². The molecule has 0 saturated heterocycles. The second-order valence-electron chi connectivity index (χ2n) is 6.33. The van der Waals surface area contributed by atoms with Crippen molar-refractivity contribution < 1.29 is 27.5 Å². The molecular weight excluding hydrogens is 449 g/mol. The zero-order valence-electron chi connectivity index (χ0n) is 16.5. The Morgan fingerprint density at radius 1 is 1.00 bits per heavy atom. The molecule has 3 aromatic rings. The second kappa shape index (κ2) is 9.56. The lowest BCUT2D eigenvalue weighted by molar-refractivity contribution is -0.137. The van der Waals surface area contributed by atoms with Gasteiger partial charge in [-0.05, 0) is 42.5 Å². The highest BCUT2D eigenvalue weighted by atomic mass is 35.5. The standard InChI is InChI=1S/C21H16ClF3N4O3/c1-26-19(30)17-11-14(9-10-27-17)32-13-7-5-12(6-8-13)28-20(31)29-16-4-2-3-15(18(16)22)21(23,24)25/h2-11H,1H3,(H,26,30)(H2,28,29,31). The van der Waals surface area contributed by atoms with E-state index in [1.807, 2.05) is 0 Å². The molecule has 7 nitrogen and oxygen atoms in total. The molecule has 1 heterocycles. The number of amides is 3. The topological polar surface area (TPSA) is 92.4 Å². The van der Waals surface area contributed by atoms with Crippen LogP contribution in [0.5, 0.6) is 11.5 Å². The number of nitrogens with zero attached hydrogens (tertiary/aromatic N) is 1. The number of benzene rings is 2. The molecule has 3 N–H and O–H groups in total. The van der Waals surface area contributed by atoms with Crippen LogP contribution in [0.1, 0.15) is 16.1 Å². The summed E-state index contributed by atoms with van der Waals surface area (Å²) in [5.41, 5.74) is -0.676. The molecule has 3 rings (SSSR count). The first-order valence-corrected chi connectivity index (χ1v) is 9.45. The van der Waals surface area contributed by atoms with E-state index in [0.29, 0.717) is 17.2 Å². The zero-order valence-corrected chi connectivity index (χ0v) is 17.2. The SMILES string of the molecule is CNC(=O)c1cc(Oc2ccc(NC(=O)Nc3cccc(C(F)(F)F)c3Cl)cc2)ccn1. The number of aromatic nitrogens is 1. The van der Waals surface area contributed by atoms with Gasteiger partial charge in [0, 0.05) is 25.0 Å². The van der Waals surface area contributed by atoms with Crippen molar-refractivity contribution in [2.75, 3.05) is 17.7 Å². The molecule has 0 bridgehead atoms. The van der Waals surface area contributed by atoms with Crippen molar-refractivity contribution in [1.82, 2.24) is 10.3 Å². The van der Waals surface area contributed by atoms with Gasteiger partial charge in [-0.15, -0.1) is 0 Å². The fourth-order valence-electron chi connectivity index (χ4n) is 2.60. The van der Waals surface area contributed by atoms with E-state index in [0.717, 1.165) is 12.1 Å². The van der Waals surface area contributed by atoms with E-state index in [-0.39, 0.29) is 17.3 Å². The van der Waals surface area contributed by atoms with Gasteiger partial charge in [0.25, 0.3) is 5.91 Å². The summed E-state index contributed by atoms with van der Waals surface area (Å²) in [5, 5.41) is 6.64. The Bertz CT molecular complexity index is 1140. The fourth-order valence-corrected chi connectivity index (χ4v) is 2.88. The summed E-state index contributed by atoms with van der Waals surface area (Å²) < 4.78 is 44.5. The van der Waals surface area contributed by atoms with Gasteiger partial charge >= 0.3 is 12.2 Å². The highest BCUT2D eigenvalue weighted by molar-refractivity contribution is 6.34. The lowest BCUT2D eigenvalue weighted by atomic mass is 10.2. The van der Waals surface area contributed by atoms with Crippen LogP contribution >= 0.6 is 11.6 Å². The zero-order chi connectivity index (χ0) is 23.3. The number of halogens is 4. The Morgan fingerprint density at radius 3 is 2.38 bits per heavy atom. The first-order valence-electron chi connectivity index (χ1n) is 9.07. The Labute approximate surface area is 185 Å². The van der Waals surface area contributed by atoms with Gasteiger partial charge in [0.15, 0.2) is 0 Å². The van der Waals surface area contributed by atoms with Gasteiger partial charge in [0.2, 0.25) is 0 Å². The summed E-state index contributed by atoms with van der Waals surface area (Å²) in [6, 6.07) is 11.7. The molecule has 0 unspecified atom stereocenters. The van der Waals surface area contributed by atoms with E-state index in [1.54, 1.807) is 18.2 Å². The van der Waals surface area contributed by atoms with Crippen molar-refractivity contribution in [3.63, 3.8) is 0 Å². The number of carbonyl (C=O) groups is 2. The van der Waals surface area contributed by atoms with Crippen molar-refractivity contribution >= 4 is 34.9 Å². The Balaban J connectivity index is 1.64. The molecule has 1 aromatic heterocycles. The minimum absolute atomic E-state index is 0.177. The summed E-state index contributed by atoms with van der Waals surface area (Å²) >= 11 is 5.77. The van der Waals surface area contributed by atoms with Crippen molar-refractivity contribution in [2.24, 2.45) is 0 Å². The van der Waals surface area contributed by atoms with Gasteiger partial charge in [0.1, 0.15) is 17.2 Å². The average Bonchev–Trinajstić information content (AvgIpc) is 2.75. The monoisotopic (exact) mass is 464 g/mol. The number of pyridine rings is 1. The minimum atomic E-state index is -4.64. The lowest BCUT2D eigenvalue weighted by Crippen LogP contribution is -2.20. The third kappa shape index (κ3) is 5.67. The highest BCUT2D eigenvalue weighted by Crippen LogP contribution is 2.38. The lowest BCUT2D eigenvalue weighted by Gasteiger charge is -2.14. The van der Waals surface area contributed by atoms with E-state index in [1.165, 1.54) is 37.5 Å². The number of alkyl halides is 3. The molecule has 0 saturated carbocycles. The first kappa shape index (κ1) is 22.9. The third-order valence-electron chi connectivity index (χ3n) is 4.09. The molecule has 0 atom stereocenters. The third-order valence-corrected chi connectivity index (χ3v) is 4.50. The van der Waals surface area contributed by atoms with E-state index in [9.17, 15) is 22.8 Å². The van der Waals surface area contributed by atoms with Crippen LogP contribution < -0.4 is 20.7 Å². The van der Waals surface area contributed by atoms with E-state index in [4.69, 9.17) is 16.3 Å². The van der Waals surface area contributed by atoms with Crippen LogP contribution in [0.15, 0.2) is 60.8 Å². The Kier molecular flexibility index (Phi) is 6.84. The quantitative estimate of drug-likeness (QED) is 0.461. The summed E-state index contributed by atoms with van der Waals surface area (Å²) in [4.78, 5) is 27.7. The van der Waals surface area contributed by atoms with E-state index >= 15 is 0 Å². The van der Waals surface area contributed by atoms with Crippen LogP contribution in [0.2, 0.25) is 5.02 Å². The molecule has 2 aromatic carbocycles. The van der Waals surface area contributed by atoms with E-state index in [2.05, 4.69) is 20.9 Å². The van der Waals surface area contributed by atoms with Crippen LogP contribution in [0, 0.1) is 0 Å². The van der Waals surface area contributed by atoms with Crippen LogP contribution in [0.3, 0.4) is 0 Å². The van der Waals surface area contributed by atoms with Gasteiger partial charge in [-0.1, -0.05) is 17.7 Å². The predicted molar refractivity (Wildman–Crippen MR) is 113 cm³/mol. The normalized spacial score (nSPS) is 10.9. The molecule has 0 aliphatic rings. The smallest absolute Gasteiger partial charge is 0.417 e. The molecule has 3 amide bonds. The van der Waals surface area contributed by atoms with Gasteiger partial charge in [0.05, 0.1) is 16.3 Å². The van der Waals surface area contributed by atoms with Crippen LogP contribution in [0.25, 0.3) is 0 Å². The predicted octanol–water partition coefficient (Wildman–Crippen LogP) is 5.55. The number of hydrogen-bond acceptors (Lipinski definition) is 4. The highest BCUT2D eigenvalue weighted by Gasteiger charge is 2.34. The summed E-state index contributed by atoms with van der Waals surface area (Å²) in [5.74, 6) is 0.448. The summed E-state index contributed by atoms with van der Waals surface area (Å²) in [7, 11) is 1.49. The van der Waals surface area contributed by atoms with Crippen molar-refractivity contribution in [3.05, 3.63) is 77.1 Å². The molecule has 0 fully saturated rings. The Morgan fingerprint density at radius 2 is 1.72 bits per heavy atom. The number of urea groups is 1. The number of ether oxygens (including phenoxy) is 1. The number of rotatable bonds is 5. The van der Waals surface area contributed by atoms with Crippen molar-refractivity contribution in [1.29, 1.82) is 0 Å². The first-order chi connectivity index (χ1) is 15.2. The number of anilines is 2. The molecular formula is C21H16ClF3N4O3. The second-order valence-corrected chi connectivity index (χ2v) is 6.70. The van der Waals surface area contributed by atoms with Crippen LogP contribution in [0.4, 0.5) is 29.3 Å². The Hall–Kier alpha value is -3.79. The van der Waals surface area contributed by atoms with Gasteiger partial charge in [-0.3, -0.25) is 9.78 Å².